The monoisotopic (exact) mass is 689 g/mol. The molecule has 3 atom stereocenters. The van der Waals surface area contributed by atoms with Gasteiger partial charge in [-0.1, -0.05) is 54.6 Å². The van der Waals surface area contributed by atoms with Gasteiger partial charge in [-0.2, -0.15) is 0 Å². The molecule has 11 heteroatoms. The van der Waals surface area contributed by atoms with Crippen LogP contribution in [0.1, 0.15) is 85.0 Å². The van der Waals surface area contributed by atoms with Crippen LogP contribution in [0.4, 0.5) is 4.79 Å². The fourth-order valence-electron chi connectivity index (χ4n) is 5.31. The quantitative estimate of drug-likeness (QED) is 0.180. The van der Waals surface area contributed by atoms with Crippen molar-refractivity contribution in [1.82, 2.24) is 15.5 Å². The van der Waals surface area contributed by atoms with Gasteiger partial charge in [-0.15, -0.1) is 0 Å². The topological polar surface area (TPSA) is 154 Å². The lowest BCUT2D eigenvalue weighted by atomic mass is 9.93. The second-order valence-corrected chi connectivity index (χ2v) is 15.2. The van der Waals surface area contributed by atoms with E-state index in [1.165, 1.54) is 29.2 Å². The smallest absolute Gasteiger partial charge is 0.408 e. The minimum absolute atomic E-state index is 0.00610. The number of alkyl carbamates (subject to hydrolysis) is 1. The lowest BCUT2D eigenvalue weighted by Gasteiger charge is -2.43. The fourth-order valence-corrected chi connectivity index (χ4v) is 5.31. The molecule has 3 aromatic carbocycles. The second kappa shape index (κ2) is 16.1. The Labute approximate surface area is 295 Å². The minimum atomic E-state index is -1.38. The van der Waals surface area contributed by atoms with Crippen LogP contribution in [-0.4, -0.2) is 67.8 Å². The highest BCUT2D eigenvalue weighted by Gasteiger charge is 2.43. The molecule has 4 N–H and O–H groups in total. The summed E-state index contributed by atoms with van der Waals surface area (Å²) in [7, 11) is 0. The minimum Gasteiger partial charge on any atom is -0.508 e. The van der Waals surface area contributed by atoms with Gasteiger partial charge in [0.05, 0.1) is 0 Å². The maximum absolute atomic E-state index is 14.8. The van der Waals surface area contributed by atoms with E-state index in [1.807, 2.05) is 30.3 Å². The number of aromatic hydroxyl groups is 2. The molecule has 3 unspecified atom stereocenters. The third-order valence-corrected chi connectivity index (χ3v) is 7.31. The van der Waals surface area contributed by atoms with Crippen molar-refractivity contribution in [2.75, 3.05) is 0 Å². The largest absolute Gasteiger partial charge is 0.508 e. The summed E-state index contributed by atoms with van der Waals surface area (Å²) in [5.41, 5.74) is -1.08. The van der Waals surface area contributed by atoms with E-state index in [2.05, 4.69) is 10.6 Å². The molecular formula is C39H51N3O8. The summed E-state index contributed by atoms with van der Waals surface area (Å²) in [5.74, 6) is -2.09. The van der Waals surface area contributed by atoms with Gasteiger partial charge >= 0.3 is 12.1 Å². The van der Waals surface area contributed by atoms with E-state index in [4.69, 9.17) is 9.47 Å². The number of carbonyl (C=O) groups is 4. The highest BCUT2D eigenvalue weighted by atomic mass is 16.6. The van der Waals surface area contributed by atoms with Crippen LogP contribution in [-0.2, 0) is 36.7 Å². The maximum atomic E-state index is 14.8. The zero-order valence-electron chi connectivity index (χ0n) is 30.4. The van der Waals surface area contributed by atoms with Gasteiger partial charge in [-0.05, 0) is 103 Å². The van der Waals surface area contributed by atoms with Gasteiger partial charge in [-0.3, -0.25) is 9.59 Å². The Morgan fingerprint density at radius 3 is 1.76 bits per heavy atom. The molecule has 50 heavy (non-hydrogen) atoms. The molecule has 0 heterocycles. The number of nitrogens with one attached hydrogen (secondary N) is 2. The number of esters is 1. The van der Waals surface area contributed by atoms with Crippen molar-refractivity contribution in [2.45, 2.75) is 110 Å². The summed E-state index contributed by atoms with van der Waals surface area (Å²) in [4.78, 5) is 57.4. The lowest BCUT2D eigenvalue weighted by molar-refractivity contribution is -0.159. The van der Waals surface area contributed by atoms with Crippen molar-refractivity contribution in [3.63, 3.8) is 0 Å². The summed E-state index contributed by atoms with van der Waals surface area (Å²) in [5, 5.41) is 25.9. The highest BCUT2D eigenvalue weighted by molar-refractivity contribution is 5.94. The van der Waals surface area contributed by atoms with Crippen LogP contribution in [0.25, 0.3) is 0 Å². The van der Waals surface area contributed by atoms with Crippen molar-refractivity contribution in [3.05, 3.63) is 95.6 Å². The molecule has 3 rings (SSSR count). The van der Waals surface area contributed by atoms with Crippen LogP contribution >= 0.6 is 0 Å². The molecule has 0 spiro atoms. The van der Waals surface area contributed by atoms with E-state index >= 15 is 0 Å². The number of ether oxygens (including phenoxy) is 2. The number of benzene rings is 3. The Hall–Kier alpha value is -5.06. The van der Waals surface area contributed by atoms with E-state index in [0.717, 1.165) is 5.56 Å². The van der Waals surface area contributed by atoms with Crippen LogP contribution in [0.15, 0.2) is 78.9 Å². The van der Waals surface area contributed by atoms with Crippen molar-refractivity contribution in [3.8, 4) is 11.5 Å². The molecule has 0 aliphatic heterocycles. The van der Waals surface area contributed by atoms with Gasteiger partial charge in [-0.25, -0.2) is 9.59 Å². The van der Waals surface area contributed by atoms with Crippen LogP contribution < -0.4 is 10.6 Å². The van der Waals surface area contributed by atoms with Crippen LogP contribution in [0.2, 0.25) is 0 Å². The number of hydrogen-bond acceptors (Lipinski definition) is 8. The number of phenols is 2. The van der Waals surface area contributed by atoms with Crippen LogP contribution in [0.5, 0.6) is 11.5 Å². The number of rotatable bonds is 11. The predicted octanol–water partition coefficient (Wildman–Crippen LogP) is 5.97. The Morgan fingerprint density at radius 2 is 1.22 bits per heavy atom. The van der Waals surface area contributed by atoms with Crippen molar-refractivity contribution in [2.24, 2.45) is 0 Å². The van der Waals surface area contributed by atoms with Gasteiger partial charge in [0.1, 0.15) is 40.8 Å². The third kappa shape index (κ3) is 12.1. The number of nitrogens with zero attached hydrogens (tertiary/aromatic N) is 1. The summed E-state index contributed by atoms with van der Waals surface area (Å²) < 4.78 is 11.2. The molecular weight excluding hydrogens is 638 g/mol. The standard InChI is InChI=1S/C39H51N3O8/c1-37(2,3)42(34(46)30(41-36(48)50-39(7,8)9)22-26-18-20-28(43)21-19-26)32(27-16-13-17-29(44)24-27)33(45)40-31(35(47)49-38(4,5)6)23-25-14-11-10-12-15-25/h10-21,24,30-32,43-44H,22-23H2,1-9H3,(H,40,45)(H,41,48). The molecule has 270 valence electrons. The molecule has 0 saturated carbocycles. The fraction of sp³-hybridized carbons (Fsp3) is 0.436. The van der Waals surface area contributed by atoms with E-state index < -0.39 is 58.7 Å². The molecule has 0 radical (unpaired) electrons. The van der Waals surface area contributed by atoms with E-state index in [9.17, 15) is 29.4 Å². The lowest BCUT2D eigenvalue weighted by Crippen LogP contribution is -2.60. The first-order valence-electron chi connectivity index (χ1n) is 16.6. The molecule has 0 aliphatic carbocycles. The number of phenolic OH excluding ortho intramolecular Hbond substituents is 2. The summed E-state index contributed by atoms with van der Waals surface area (Å²) >= 11 is 0. The van der Waals surface area contributed by atoms with E-state index in [-0.39, 0.29) is 29.9 Å². The first kappa shape index (κ1) is 39.4. The first-order valence-corrected chi connectivity index (χ1v) is 16.6. The average Bonchev–Trinajstić information content (AvgIpc) is 2.98. The van der Waals surface area contributed by atoms with Gasteiger partial charge in [0.2, 0.25) is 11.8 Å². The number of hydrogen-bond donors (Lipinski definition) is 4. The normalized spacial score (nSPS) is 13.7. The third-order valence-electron chi connectivity index (χ3n) is 7.31. The first-order chi connectivity index (χ1) is 23.1. The Balaban J connectivity index is 2.14. The van der Waals surface area contributed by atoms with Crippen LogP contribution in [0.3, 0.4) is 0 Å². The molecule has 0 saturated heterocycles. The SMILES string of the molecule is CC(C)(C)OC(=O)NC(Cc1ccc(O)cc1)C(=O)N(C(C(=O)NC(Cc1ccccc1)C(=O)OC(C)(C)C)c1cccc(O)c1)C(C)(C)C. The second-order valence-electron chi connectivity index (χ2n) is 15.2. The van der Waals surface area contributed by atoms with Gasteiger partial charge < -0.3 is 35.2 Å². The van der Waals surface area contributed by atoms with Crippen molar-refractivity contribution < 1.29 is 38.9 Å². The van der Waals surface area contributed by atoms with Crippen molar-refractivity contribution in [1.29, 1.82) is 0 Å². The molecule has 0 bridgehead atoms. The average molecular weight is 690 g/mol. The summed E-state index contributed by atoms with van der Waals surface area (Å²) in [6, 6.07) is 17.6. The maximum Gasteiger partial charge on any atom is 0.408 e. The number of carbonyl (C=O) groups excluding carboxylic acids is 4. The Morgan fingerprint density at radius 1 is 0.660 bits per heavy atom. The summed E-state index contributed by atoms with van der Waals surface area (Å²) in [6.07, 6.45) is -0.732. The molecule has 11 nitrogen and oxygen atoms in total. The Kier molecular flexibility index (Phi) is 12.7. The zero-order chi connectivity index (χ0) is 37.4. The molecule has 3 aromatic rings. The van der Waals surface area contributed by atoms with Crippen LogP contribution in [0, 0.1) is 0 Å². The van der Waals surface area contributed by atoms with Gasteiger partial charge in [0.25, 0.3) is 0 Å². The molecule has 0 fully saturated rings. The van der Waals surface area contributed by atoms with E-state index in [0.29, 0.717) is 5.56 Å². The van der Waals surface area contributed by atoms with E-state index in [1.54, 1.807) is 86.6 Å². The molecule has 0 aromatic heterocycles. The summed E-state index contributed by atoms with van der Waals surface area (Å²) in [6.45, 7) is 15.5. The Bertz CT molecular complexity index is 1620. The highest BCUT2D eigenvalue weighted by Crippen LogP contribution is 2.32. The zero-order valence-corrected chi connectivity index (χ0v) is 30.4. The predicted molar refractivity (Wildman–Crippen MR) is 190 cm³/mol. The van der Waals surface area contributed by atoms with Gasteiger partial charge in [0.15, 0.2) is 0 Å². The molecule has 0 aliphatic rings. The number of amides is 3. The van der Waals surface area contributed by atoms with Gasteiger partial charge in [0, 0.05) is 18.4 Å². The molecule has 3 amide bonds. The van der Waals surface area contributed by atoms with Crippen molar-refractivity contribution >= 4 is 23.9 Å².